The lowest BCUT2D eigenvalue weighted by atomic mass is 9.91. The molecule has 8 heteroatoms. The molecule has 1 aromatic heterocycles. The van der Waals surface area contributed by atoms with Gasteiger partial charge in [-0.1, -0.05) is 36.4 Å². The van der Waals surface area contributed by atoms with E-state index < -0.39 is 22.2 Å². The summed E-state index contributed by atoms with van der Waals surface area (Å²) in [5.74, 6) is 0. The van der Waals surface area contributed by atoms with Gasteiger partial charge in [0.25, 0.3) is 0 Å². The predicted molar refractivity (Wildman–Crippen MR) is 121 cm³/mol. The van der Waals surface area contributed by atoms with Gasteiger partial charge >= 0.3 is 6.09 Å². The van der Waals surface area contributed by atoms with Crippen molar-refractivity contribution in [3.63, 3.8) is 0 Å². The van der Waals surface area contributed by atoms with E-state index in [9.17, 15) is 13.2 Å². The van der Waals surface area contributed by atoms with E-state index in [0.29, 0.717) is 25.8 Å². The molecule has 2 unspecified atom stereocenters. The van der Waals surface area contributed by atoms with Crippen LogP contribution in [0.3, 0.4) is 0 Å². The van der Waals surface area contributed by atoms with Crippen LogP contribution in [0.1, 0.15) is 32.3 Å². The molecule has 4 rings (SSSR count). The van der Waals surface area contributed by atoms with E-state index in [1.165, 1.54) is 0 Å². The summed E-state index contributed by atoms with van der Waals surface area (Å²) in [5.41, 5.74) is 2.50. The molecule has 0 aliphatic carbocycles. The number of piperidine rings is 1. The third-order valence-electron chi connectivity index (χ3n) is 5.63. The number of carbonyl (C=O) groups is 1. The lowest BCUT2D eigenvalue weighted by Gasteiger charge is -2.41. The molecule has 0 saturated carbocycles. The Hall–Kier alpha value is -2.58. The first-order chi connectivity index (χ1) is 14.7. The Morgan fingerprint density at radius 1 is 1.19 bits per heavy atom. The number of furan rings is 1. The van der Waals surface area contributed by atoms with Crippen LogP contribution in [0.4, 0.5) is 4.79 Å². The summed E-state index contributed by atoms with van der Waals surface area (Å²) in [7, 11) is -3.44. The fourth-order valence-corrected chi connectivity index (χ4v) is 5.23. The number of nitrogens with one attached hydrogen (secondary N) is 1. The van der Waals surface area contributed by atoms with E-state index in [2.05, 4.69) is 4.72 Å². The largest absolute Gasteiger partial charge is 0.456 e. The summed E-state index contributed by atoms with van der Waals surface area (Å²) in [4.78, 5) is 14.5. The van der Waals surface area contributed by atoms with E-state index in [1.807, 2.05) is 42.5 Å². The number of benzene rings is 2. The van der Waals surface area contributed by atoms with Crippen LogP contribution in [-0.2, 0) is 21.2 Å². The highest BCUT2D eigenvalue weighted by Gasteiger charge is 2.37. The van der Waals surface area contributed by atoms with Crippen LogP contribution in [-0.4, -0.2) is 50.4 Å². The summed E-state index contributed by atoms with van der Waals surface area (Å²) in [6, 6.07) is 13.0. The Bertz CT molecular complexity index is 1200. The average molecular weight is 445 g/mol. The van der Waals surface area contributed by atoms with Gasteiger partial charge in [-0.05, 0) is 44.7 Å². The van der Waals surface area contributed by atoms with Crippen molar-refractivity contribution < 1.29 is 22.4 Å². The summed E-state index contributed by atoms with van der Waals surface area (Å²) < 4.78 is 38.4. The Balaban J connectivity index is 1.74. The number of rotatable bonds is 5. The minimum Gasteiger partial charge on any atom is -0.456 e. The predicted octanol–water partition coefficient (Wildman–Crippen LogP) is 4.06. The van der Waals surface area contributed by atoms with E-state index in [-0.39, 0.29) is 12.1 Å². The van der Waals surface area contributed by atoms with Gasteiger partial charge in [-0.15, -0.1) is 0 Å². The number of hydrogen-bond donors (Lipinski definition) is 1. The van der Waals surface area contributed by atoms with Crippen molar-refractivity contribution in [2.24, 2.45) is 0 Å². The number of ether oxygens (including phenoxy) is 1. The summed E-state index contributed by atoms with van der Waals surface area (Å²) in [6.45, 7) is 4.13. The quantitative estimate of drug-likeness (QED) is 0.641. The number of sulfonamides is 1. The number of amides is 1. The zero-order valence-electron chi connectivity index (χ0n) is 18.0. The maximum absolute atomic E-state index is 12.8. The zero-order valence-corrected chi connectivity index (χ0v) is 18.8. The Morgan fingerprint density at radius 2 is 1.94 bits per heavy atom. The second-order valence-electron chi connectivity index (χ2n) is 8.43. The molecule has 0 radical (unpaired) electrons. The Morgan fingerprint density at radius 3 is 2.68 bits per heavy atom. The minimum absolute atomic E-state index is 0.254. The molecule has 0 bridgehead atoms. The molecule has 1 N–H and O–H groups in total. The second kappa shape index (κ2) is 8.51. The summed E-state index contributed by atoms with van der Waals surface area (Å²) in [5, 5.41) is 2.04. The molecule has 1 aliphatic heterocycles. The maximum Gasteiger partial charge on any atom is 0.410 e. The van der Waals surface area contributed by atoms with Gasteiger partial charge in [-0.3, -0.25) is 0 Å². The van der Waals surface area contributed by atoms with Gasteiger partial charge in [0.2, 0.25) is 10.0 Å². The van der Waals surface area contributed by atoms with Gasteiger partial charge < -0.3 is 14.1 Å². The molecule has 166 valence electrons. The molecule has 31 heavy (non-hydrogen) atoms. The molecule has 0 spiro atoms. The molecule has 2 heterocycles. The third kappa shape index (κ3) is 4.70. The highest BCUT2D eigenvalue weighted by molar-refractivity contribution is 7.88. The van der Waals surface area contributed by atoms with Crippen LogP contribution in [0.15, 0.2) is 46.9 Å². The summed E-state index contributed by atoms with van der Waals surface area (Å²) in [6.07, 6.45) is 2.28. The van der Waals surface area contributed by atoms with Gasteiger partial charge in [-0.2, -0.15) is 0 Å². The lowest BCUT2D eigenvalue weighted by Crippen LogP contribution is -2.58. The molecule has 2 aromatic carbocycles. The van der Waals surface area contributed by atoms with Crippen molar-refractivity contribution in [1.29, 1.82) is 0 Å². The molecule has 1 amide bonds. The van der Waals surface area contributed by atoms with Crippen molar-refractivity contribution in [2.75, 3.05) is 12.8 Å². The minimum atomic E-state index is -3.44. The Labute approximate surface area is 182 Å². The number of fused-ring (bicyclic) bond motifs is 3. The van der Waals surface area contributed by atoms with Crippen LogP contribution < -0.4 is 4.72 Å². The molecule has 2 atom stereocenters. The van der Waals surface area contributed by atoms with E-state index >= 15 is 0 Å². The number of likely N-dealkylation sites (tertiary alicyclic amines) is 1. The van der Waals surface area contributed by atoms with Gasteiger partial charge in [0, 0.05) is 23.4 Å². The molecular formula is C23H28N2O5S. The standard InChI is InChI=1S/C23H28N2O5S/c1-15(2)29-23(26)25-13-7-11-19(24-31(3,27)28)20(25)14-16-8-6-10-18-17-9-4-5-12-21(17)30-22(16)18/h4-6,8-10,12,15,19-20,24H,7,11,13-14H2,1-3H3. The number of para-hydroxylation sites is 2. The highest BCUT2D eigenvalue weighted by atomic mass is 32.2. The van der Waals surface area contributed by atoms with Crippen LogP contribution in [0.2, 0.25) is 0 Å². The average Bonchev–Trinajstić information content (AvgIpc) is 3.07. The van der Waals surface area contributed by atoms with Crippen molar-refractivity contribution in [2.45, 2.75) is 51.3 Å². The lowest BCUT2D eigenvalue weighted by molar-refractivity contribution is 0.0461. The monoisotopic (exact) mass is 444 g/mol. The highest BCUT2D eigenvalue weighted by Crippen LogP contribution is 2.33. The van der Waals surface area contributed by atoms with E-state index in [1.54, 1.807) is 18.7 Å². The molecule has 3 aromatic rings. The van der Waals surface area contributed by atoms with Gasteiger partial charge in [0.05, 0.1) is 18.4 Å². The van der Waals surface area contributed by atoms with Crippen molar-refractivity contribution in [3.8, 4) is 0 Å². The van der Waals surface area contributed by atoms with Crippen molar-refractivity contribution in [1.82, 2.24) is 9.62 Å². The number of nitrogens with zero attached hydrogens (tertiary/aromatic N) is 1. The first kappa shape index (κ1) is 21.6. The normalized spacial score (nSPS) is 19.9. The fraction of sp³-hybridized carbons (Fsp3) is 0.435. The Kier molecular flexibility index (Phi) is 5.94. The van der Waals surface area contributed by atoms with E-state index in [4.69, 9.17) is 9.15 Å². The molecule has 1 fully saturated rings. The number of carbonyl (C=O) groups excluding carboxylic acids is 1. The molecular weight excluding hydrogens is 416 g/mol. The summed E-state index contributed by atoms with van der Waals surface area (Å²) >= 11 is 0. The van der Waals surface area contributed by atoms with Gasteiger partial charge in [0.1, 0.15) is 11.2 Å². The van der Waals surface area contributed by atoms with Gasteiger partial charge in [0.15, 0.2) is 0 Å². The second-order valence-corrected chi connectivity index (χ2v) is 10.2. The van der Waals surface area contributed by atoms with Crippen LogP contribution >= 0.6 is 0 Å². The molecule has 1 saturated heterocycles. The maximum atomic E-state index is 12.8. The third-order valence-corrected chi connectivity index (χ3v) is 6.36. The molecule has 1 aliphatic rings. The first-order valence-corrected chi connectivity index (χ1v) is 12.5. The van der Waals surface area contributed by atoms with Gasteiger partial charge in [-0.25, -0.2) is 17.9 Å². The topological polar surface area (TPSA) is 88.9 Å². The van der Waals surface area contributed by atoms with Crippen LogP contribution in [0.5, 0.6) is 0 Å². The van der Waals surface area contributed by atoms with E-state index in [0.717, 1.165) is 33.8 Å². The first-order valence-electron chi connectivity index (χ1n) is 10.6. The van der Waals surface area contributed by atoms with Crippen molar-refractivity contribution >= 4 is 38.1 Å². The smallest absolute Gasteiger partial charge is 0.410 e. The van der Waals surface area contributed by atoms with Crippen LogP contribution in [0.25, 0.3) is 21.9 Å². The SMILES string of the molecule is CC(C)OC(=O)N1CCCC(NS(C)(=O)=O)C1Cc1cccc2c1oc1ccccc12. The van der Waals surface area contributed by atoms with Crippen LogP contribution in [0, 0.1) is 0 Å². The zero-order chi connectivity index (χ0) is 22.2. The molecule has 7 nitrogen and oxygen atoms in total. The number of hydrogen-bond acceptors (Lipinski definition) is 5. The fourth-order valence-electron chi connectivity index (χ4n) is 4.41. The van der Waals surface area contributed by atoms with Crippen molar-refractivity contribution in [3.05, 3.63) is 48.0 Å².